The van der Waals surface area contributed by atoms with E-state index < -0.39 is 7.26 Å². The number of rotatable bonds is 11. The smallest absolute Gasteiger partial charge is 0.104 e. The number of thioether (sulfide) groups is 1. The highest BCUT2D eigenvalue weighted by molar-refractivity contribution is 8.07. The van der Waals surface area contributed by atoms with E-state index in [9.17, 15) is 0 Å². The van der Waals surface area contributed by atoms with E-state index in [1.165, 1.54) is 44.0 Å². The summed E-state index contributed by atoms with van der Waals surface area (Å²) < 4.78 is 0. The van der Waals surface area contributed by atoms with Crippen molar-refractivity contribution in [1.82, 2.24) is 0 Å². The van der Waals surface area contributed by atoms with Crippen LogP contribution in [0.5, 0.6) is 0 Å². The molecule has 0 bridgehead atoms. The standard InChI is InChI=1S/C14H32PS.ClH/c1-5-8-11-15(14-16-4,12-9-6-2)13-10-7-3;/h5-14H2,1-4H3;1H/q+1;/p-1. The van der Waals surface area contributed by atoms with Gasteiger partial charge in [0.05, 0.1) is 18.5 Å². The molecular formula is C14H32ClPS. The molecule has 3 heteroatoms. The third-order valence-corrected chi connectivity index (χ3v) is 10.4. The molecule has 0 heterocycles. The van der Waals surface area contributed by atoms with Crippen molar-refractivity contribution in [1.29, 1.82) is 0 Å². The van der Waals surface area contributed by atoms with Crippen molar-refractivity contribution in [3.8, 4) is 0 Å². The lowest BCUT2D eigenvalue weighted by atomic mass is 10.4. The second-order valence-electron chi connectivity index (χ2n) is 4.99. The van der Waals surface area contributed by atoms with Crippen LogP contribution in [-0.2, 0) is 0 Å². The van der Waals surface area contributed by atoms with Crippen molar-refractivity contribution in [3.05, 3.63) is 0 Å². The molecule has 0 radical (unpaired) electrons. The third-order valence-electron chi connectivity index (χ3n) is 3.36. The lowest BCUT2D eigenvalue weighted by Crippen LogP contribution is -3.00. The molecular weight excluding hydrogens is 267 g/mol. The molecule has 106 valence electrons. The zero-order valence-corrected chi connectivity index (χ0v) is 14.8. The van der Waals surface area contributed by atoms with Crippen LogP contribution in [0, 0.1) is 0 Å². The molecule has 0 saturated heterocycles. The Balaban J connectivity index is 0. The molecule has 0 unspecified atom stereocenters. The summed E-state index contributed by atoms with van der Waals surface area (Å²) in [4.78, 5) is 0. The molecule has 0 aliphatic heterocycles. The summed E-state index contributed by atoms with van der Waals surface area (Å²) in [5.41, 5.74) is 1.49. The maximum absolute atomic E-state index is 2.34. The van der Waals surface area contributed by atoms with Crippen molar-refractivity contribution in [2.75, 3.05) is 30.2 Å². The first kappa shape index (κ1) is 20.4. The van der Waals surface area contributed by atoms with E-state index in [1.54, 1.807) is 18.5 Å². The van der Waals surface area contributed by atoms with Crippen LogP contribution < -0.4 is 12.4 Å². The van der Waals surface area contributed by atoms with Crippen LogP contribution in [0.3, 0.4) is 0 Å². The van der Waals surface area contributed by atoms with E-state index in [2.05, 4.69) is 38.8 Å². The fourth-order valence-corrected chi connectivity index (χ4v) is 9.66. The first-order valence-corrected chi connectivity index (χ1v) is 11.0. The first-order valence-electron chi connectivity index (χ1n) is 7.08. The van der Waals surface area contributed by atoms with Crippen LogP contribution in [0.1, 0.15) is 59.3 Å². The highest BCUT2D eigenvalue weighted by atomic mass is 35.5. The Labute approximate surface area is 121 Å². The minimum absolute atomic E-state index is 0. The van der Waals surface area contributed by atoms with Gasteiger partial charge in [0.25, 0.3) is 0 Å². The average Bonchev–Trinajstić information content (AvgIpc) is 2.31. The lowest BCUT2D eigenvalue weighted by Gasteiger charge is -2.27. The molecule has 0 aliphatic carbocycles. The summed E-state index contributed by atoms with van der Waals surface area (Å²) in [5, 5.41) is 0. The average molecular weight is 299 g/mol. The molecule has 0 amide bonds. The Morgan fingerprint density at radius 3 is 1.35 bits per heavy atom. The minimum atomic E-state index is -0.583. The van der Waals surface area contributed by atoms with E-state index in [0.29, 0.717) is 0 Å². The van der Waals surface area contributed by atoms with Crippen molar-refractivity contribution < 1.29 is 12.4 Å². The van der Waals surface area contributed by atoms with Gasteiger partial charge < -0.3 is 12.4 Å². The maximum Gasteiger partial charge on any atom is 0.104 e. The van der Waals surface area contributed by atoms with Crippen LogP contribution in [0.4, 0.5) is 0 Å². The van der Waals surface area contributed by atoms with Gasteiger partial charge in [-0.1, -0.05) is 40.0 Å². The summed E-state index contributed by atoms with van der Waals surface area (Å²) >= 11 is 2.11. The molecule has 0 rings (SSSR count). The van der Waals surface area contributed by atoms with Crippen molar-refractivity contribution in [3.63, 3.8) is 0 Å². The summed E-state index contributed by atoms with van der Waals surface area (Å²) in [6.07, 6.45) is 15.6. The fraction of sp³-hybridized carbons (Fsp3) is 1.00. The Bertz CT molecular complexity index is 131. The van der Waals surface area contributed by atoms with Crippen molar-refractivity contribution in [2.24, 2.45) is 0 Å². The van der Waals surface area contributed by atoms with E-state index >= 15 is 0 Å². The molecule has 0 spiro atoms. The Morgan fingerprint density at radius 1 is 0.765 bits per heavy atom. The summed E-state index contributed by atoms with van der Waals surface area (Å²) in [6.45, 7) is 7.02. The SMILES string of the molecule is CCCC[P+](CCCC)(CCCC)CSC.[Cl-]. The van der Waals surface area contributed by atoms with Gasteiger partial charge in [-0.2, -0.15) is 0 Å². The predicted molar refractivity (Wildman–Crippen MR) is 84.6 cm³/mol. The van der Waals surface area contributed by atoms with Crippen LogP contribution in [0.2, 0.25) is 0 Å². The second-order valence-corrected chi connectivity index (χ2v) is 10.6. The van der Waals surface area contributed by atoms with Gasteiger partial charge in [-0.25, -0.2) is 0 Å². The van der Waals surface area contributed by atoms with Gasteiger partial charge in [0.15, 0.2) is 0 Å². The zero-order valence-electron chi connectivity index (χ0n) is 12.3. The molecule has 17 heavy (non-hydrogen) atoms. The summed E-state index contributed by atoms with van der Waals surface area (Å²) in [6, 6.07) is 0. The second kappa shape index (κ2) is 13.5. The number of halogens is 1. The largest absolute Gasteiger partial charge is 1.00 e. The van der Waals surface area contributed by atoms with Gasteiger partial charge in [0, 0.05) is 7.26 Å². The van der Waals surface area contributed by atoms with E-state index in [0.717, 1.165) is 0 Å². The number of hydrogen-bond acceptors (Lipinski definition) is 1. The third kappa shape index (κ3) is 9.62. The molecule has 0 aliphatic rings. The van der Waals surface area contributed by atoms with Crippen molar-refractivity contribution >= 4 is 19.0 Å². The van der Waals surface area contributed by atoms with Crippen molar-refractivity contribution in [2.45, 2.75) is 59.3 Å². The number of unbranched alkanes of at least 4 members (excludes halogenated alkanes) is 3. The Kier molecular flexibility index (Phi) is 16.2. The molecule has 0 nitrogen and oxygen atoms in total. The highest BCUT2D eigenvalue weighted by Gasteiger charge is 2.34. The normalized spacial score (nSPS) is 11.3. The van der Waals surface area contributed by atoms with Crippen LogP contribution >= 0.6 is 19.0 Å². The molecule has 0 aromatic carbocycles. The van der Waals surface area contributed by atoms with Gasteiger partial charge in [-0.15, -0.1) is 11.8 Å². The van der Waals surface area contributed by atoms with Gasteiger partial charge in [-0.05, 0) is 25.5 Å². The maximum atomic E-state index is 2.34. The number of hydrogen-bond donors (Lipinski definition) is 0. The molecule has 0 aromatic rings. The predicted octanol–water partition coefficient (Wildman–Crippen LogP) is 2.73. The summed E-state index contributed by atoms with van der Waals surface area (Å²) in [7, 11) is -0.583. The zero-order chi connectivity index (χ0) is 12.3. The van der Waals surface area contributed by atoms with Gasteiger partial charge in [0.2, 0.25) is 0 Å². The molecule has 0 aromatic heterocycles. The van der Waals surface area contributed by atoms with Gasteiger partial charge in [0.1, 0.15) is 5.49 Å². The Morgan fingerprint density at radius 2 is 1.12 bits per heavy atom. The monoisotopic (exact) mass is 298 g/mol. The van der Waals surface area contributed by atoms with Gasteiger partial charge >= 0.3 is 0 Å². The lowest BCUT2D eigenvalue weighted by molar-refractivity contribution is -0.00000376. The highest BCUT2D eigenvalue weighted by Crippen LogP contribution is 2.62. The molecule has 0 fully saturated rings. The fourth-order valence-electron chi connectivity index (χ4n) is 2.28. The van der Waals surface area contributed by atoms with Gasteiger partial charge in [-0.3, -0.25) is 0 Å². The first-order chi connectivity index (χ1) is 7.74. The minimum Gasteiger partial charge on any atom is -1.00 e. The topological polar surface area (TPSA) is 0 Å². The van der Waals surface area contributed by atoms with Crippen LogP contribution in [0.25, 0.3) is 0 Å². The van der Waals surface area contributed by atoms with E-state index in [1.807, 2.05) is 0 Å². The van der Waals surface area contributed by atoms with Crippen LogP contribution in [-0.4, -0.2) is 30.2 Å². The van der Waals surface area contributed by atoms with Crippen LogP contribution in [0.15, 0.2) is 0 Å². The summed E-state index contributed by atoms with van der Waals surface area (Å²) in [5.74, 6) is 0. The van der Waals surface area contributed by atoms with E-state index in [4.69, 9.17) is 0 Å². The molecule has 0 N–H and O–H groups in total. The van der Waals surface area contributed by atoms with E-state index in [-0.39, 0.29) is 12.4 Å². The quantitative estimate of drug-likeness (QED) is 0.529. The molecule has 0 saturated carbocycles. The Hall–Kier alpha value is 1.07. The molecule has 0 atom stereocenters.